The third kappa shape index (κ3) is 3.12. The number of benzene rings is 1. The number of amides is 1. The fourth-order valence-electron chi connectivity index (χ4n) is 2.98. The predicted octanol–water partition coefficient (Wildman–Crippen LogP) is 1.20. The van der Waals surface area contributed by atoms with Crippen molar-refractivity contribution in [3.8, 4) is 0 Å². The van der Waals surface area contributed by atoms with Crippen LogP contribution in [0, 0.1) is 0 Å². The molecule has 0 unspecified atom stereocenters. The first-order valence-electron chi connectivity index (χ1n) is 8.09. The predicted molar refractivity (Wildman–Crippen MR) is 96.9 cm³/mol. The Kier molecular flexibility index (Phi) is 4.19. The second kappa shape index (κ2) is 6.64. The van der Waals surface area contributed by atoms with Crippen molar-refractivity contribution in [3.05, 3.63) is 52.5 Å². The average molecular weight is 355 g/mol. The van der Waals surface area contributed by atoms with Crippen LogP contribution in [-0.2, 0) is 11.3 Å². The Morgan fingerprint density at radius 1 is 1.12 bits per heavy atom. The van der Waals surface area contributed by atoms with Crippen molar-refractivity contribution >= 4 is 33.3 Å². The maximum atomic E-state index is 12.6. The van der Waals surface area contributed by atoms with Crippen LogP contribution in [0.2, 0.25) is 0 Å². The standard InChI is InChI=1S/C17H17N5O2S/c23-15(20-6-8-21(9-7-20)17-18-5-10-25-17)11-22-12-19-14-4-2-1-3-13(14)16(22)24/h1-5,10,12H,6-9,11H2. The number of fused-ring (bicyclic) bond motifs is 1. The molecule has 4 rings (SSSR count). The van der Waals surface area contributed by atoms with Crippen LogP contribution in [0.4, 0.5) is 5.13 Å². The summed E-state index contributed by atoms with van der Waals surface area (Å²) in [6.07, 6.45) is 3.24. The normalized spacial score (nSPS) is 14.9. The van der Waals surface area contributed by atoms with Crippen LogP contribution < -0.4 is 10.5 Å². The van der Waals surface area contributed by atoms with E-state index in [-0.39, 0.29) is 18.0 Å². The lowest BCUT2D eigenvalue weighted by atomic mass is 10.2. The lowest BCUT2D eigenvalue weighted by Crippen LogP contribution is -2.50. The van der Waals surface area contributed by atoms with Gasteiger partial charge < -0.3 is 9.80 Å². The molecule has 1 saturated heterocycles. The maximum Gasteiger partial charge on any atom is 0.261 e. The smallest absolute Gasteiger partial charge is 0.261 e. The molecule has 7 nitrogen and oxygen atoms in total. The monoisotopic (exact) mass is 355 g/mol. The molecule has 1 fully saturated rings. The number of piperazine rings is 1. The molecule has 3 aromatic rings. The Labute approximate surface area is 148 Å². The van der Waals surface area contributed by atoms with Gasteiger partial charge in [-0.1, -0.05) is 12.1 Å². The van der Waals surface area contributed by atoms with Gasteiger partial charge in [0, 0.05) is 37.8 Å². The molecule has 128 valence electrons. The molecule has 3 heterocycles. The van der Waals surface area contributed by atoms with E-state index in [0.29, 0.717) is 24.0 Å². The van der Waals surface area contributed by atoms with Gasteiger partial charge in [-0.3, -0.25) is 14.2 Å². The first kappa shape index (κ1) is 15.8. The topological polar surface area (TPSA) is 71.3 Å². The molecular weight excluding hydrogens is 338 g/mol. The molecule has 0 saturated carbocycles. The zero-order chi connectivity index (χ0) is 17.2. The van der Waals surface area contributed by atoms with E-state index in [1.807, 2.05) is 11.4 Å². The summed E-state index contributed by atoms with van der Waals surface area (Å²) in [6.45, 7) is 2.80. The lowest BCUT2D eigenvalue weighted by molar-refractivity contribution is -0.132. The summed E-state index contributed by atoms with van der Waals surface area (Å²) in [5.74, 6) is -0.0574. The summed E-state index contributed by atoms with van der Waals surface area (Å²) in [7, 11) is 0. The largest absolute Gasteiger partial charge is 0.345 e. The molecule has 1 amide bonds. The van der Waals surface area contributed by atoms with Crippen LogP contribution in [0.1, 0.15) is 0 Å². The van der Waals surface area contributed by atoms with Gasteiger partial charge in [-0.25, -0.2) is 9.97 Å². The van der Waals surface area contributed by atoms with E-state index in [1.54, 1.807) is 40.6 Å². The highest BCUT2D eigenvalue weighted by Crippen LogP contribution is 2.18. The van der Waals surface area contributed by atoms with Crippen molar-refractivity contribution in [2.24, 2.45) is 0 Å². The highest BCUT2D eigenvalue weighted by molar-refractivity contribution is 7.13. The van der Waals surface area contributed by atoms with E-state index < -0.39 is 0 Å². The summed E-state index contributed by atoms with van der Waals surface area (Å²) in [4.78, 5) is 37.6. The molecular formula is C17H17N5O2S. The zero-order valence-corrected chi connectivity index (χ0v) is 14.4. The van der Waals surface area contributed by atoms with E-state index in [0.717, 1.165) is 18.2 Å². The SMILES string of the molecule is O=C(Cn1cnc2ccccc2c1=O)N1CCN(c2nccs2)CC1. The van der Waals surface area contributed by atoms with E-state index in [9.17, 15) is 9.59 Å². The van der Waals surface area contributed by atoms with Crippen molar-refractivity contribution in [1.29, 1.82) is 0 Å². The van der Waals surface area contributed by atoms with Gasteiger partial charge in [-0.05, 0) is 12.1 Å². The van der Waals surface area contributed by atoms with Crippen molar-refractivity contribution in [1.82, 2.24) is 19.4 Å². The van der Waals surface area contributed by atoms with Gasteiger partial charge in [0.05, 0.1) is 17.2 Å². The number of thiazole rings is 1. The molecule has 0 N–H and O–H groups in total. The number of hydrogen-bond acceptors (Lipinski definition) is 6. The number of rotatable bonds is 3. The van der Waals surface area contributed by atoms with Crippen LogP contribution in [-0.4, -0.2) is 51.5 Å². The second-order valence-electron chi connectivity index (χ2n) is 5.88. The summed E-state index contributed by atoms with van der Waals surface area (Å²) < 4.78 is 1.39. The number of para-hydroxylation sites is 1. The quantitative estimate of drug-likeness (QED) is 0.706. The summed E-state index contributed by atoms with van der Waals surface area (Å²) in [5.41, 5.74) is 0.466. The first-order chi connectivity index (χ1) is 12.2. The minimum atomic E-state index is -0.180. The van der Waals surface area contributed by atoms with Crippen LogP contribution in [0.15, 0.2) is 47.0 Å². The molecule has 1 aliphatic rings. The molecule has 0 radical (unpaired) electrons. The maximum absolute atomic E-state index is 12.6. The van der Waals surface area contributed by atoms with Crippen molar-refractivity contribution in [3.63, 3.8) is 0 Å². The van der Waals surface area contributed by atoms with E-state index in [4.69, 9.17) is 0 Å². The van der Waals surface area contributed by atoms with E-state index in [2.05, 4.69) is 14.9 Å². The van der Waals surface area contributed by atoms with Gasteiger partial charge in [-0.15, -0.1) is 11.3 Å². The summed E-state index contributed by atoms with van der Waals surface area (Å²) in [5, 5.41) is 3.47. The lowest BCUT2D eigenvalue weighted by Gasteiger charge is -2.34. The fourth-order valence-corrected chi connectivity index (χ4v) is 3.68. The van der Waals surface area contributed by atoms with Crippen LogP contribution in [0.25, 0.3) is 10.9 Å². The Balaban J connectivity index is 1.44. The molecule has 25 heavy (non-hydrogen) atoms. The Morgan fingerprint density at radius 2 is 1.92 bits per heavy atom. The van der Waals surface area contributed by atoms with Crippen molar-refractivity contribution < 1.29 is 4.79 Å². The average Bonchev–Trinajstić information content (AvgIpc) is 3.19. The van der Waals surface area contributed by atoms with Crippen molar-refractivity contribution in [2.45, 2.75) is 6.54 Å². The Hall–Kier alpha value is -2.74. The Morgan fingerprint density at radius 3 is 2.68 bits per heavy atom. The molecule has 2 aromatic heterocycles. The number of carbonyl (C=O) groups excluding carboxylic acids is 1. The highest BCUT2D eigenvalue weighted by Gasteiger charge is 2.22. The number of carbonyl (C=O) groups is 1. The summed E-state index contributed by atoms with van der Waals surface area (Å²) in [6, 6.07) is 7.17. The molecule has 0 atom stereocenters. The van der Waals surface area contributed by atoms with Crippen LogP contribution in [0.3, 0.4) is 0 Å². The third-order valence-electron chi connectivity index (χ3n) is 4.36. The van der Waals surface area contributed by atoms with Crippen molar-refractivity contribution in [2.75, 3.05) is 31.1 Å². The van der Waals surface area contributed by atoms with E-state index in [1.165, 1.54) is 10.9 Å². The number of anilines is 1. The number of hydrogen-bond donors (Lipinski definition) is 0. The number of nitrogens with zero attached hydrogens (tertiary/aromatic N) is 5. The number of aromatic nitrogens is 3. The third-order valence-corrected chi connectivity index (χ3v) is 5.19. The molecule has 8 heteroatoms. The molecule has 0 bridgehead atoms. The highest BCUT2D eigenvalue weighted by atomic mass is 32.1. The molecule has 1 aromatic carbocycles. The molecule has 1 aliphatic heterocycles. The van der Waals surface area contributed by atoms with Gasteiger partial charge >= 0.3 is 0 Å². The van der Waals surface area contributed by atoms with Gasteiger partial charge in [-0.2, -0.15) is 0 Å². The minimum absolute atomic E-state index is 0.0217. The van der Waals surface area contributed by atoms with Gasteiger partial charge in [0.15, 0.2) is 5.13 Å². The minimum Gasteiger partial charge on any atom is -0.345 e. The fraction of sp³-hybridized carbons (Fsp3) is 0.294. The second-order valence-corrected chi connectivity index (χ2v) is 6.75. The van der Waals surface area contributed by atoms with Crippen LogP contribution in [0.5, 0.6) is 0 Å². The van der Waals surface area contributed by atoms with Gasteiger partial charge in [0.2, 0.25) is 5.91 Å². The van der Waals surface area contributed by atoms with Gasteiger partial charge in [0.25, 0.3) is 5.56 Å². The summed E-state index contributed by atoms with van der Waals surface area (Å²) >= 11 is 1.60. The molecule has 0 spiro atoms. The first-order valence-corrected chi connectivity index (χ1v) is 8.97. The van der Waals surface area contributed by atoms with E-state index >= 15 is 0 Å². The Bertz CT molecular complexity index is 945. The molecule has 0 aliphatic carbocycles. The van der Waals surface area contributed by atoms with Crippen LogP contribution >= 0.6 is 11.3 Å². The van der Waals surface area contributed by atoms with Gasteiger partial charge in [0.1, 0.15) is 6.54 Å². The zero-order valence-electron chi connectivity index (χ0n) is 13.5.